The van der Waals surface area contributed by atoms with Crippen molar-refractivity contribution < 1.29 is 19.3 Å². The molecule has 0 saturated carbocycles. The van der Waals surface area contributed by atoms with E-state index in [1.165, 1.54) is 0 Å². The molecule has 0 bridgehead atoms. The van der Waals surface area contributed by atoms with Gasteiger partial charge in [-0.3, -0.25) is 0 Å². The smallest absolute Gasteiger partial charge is 0.147 e. The van der Waals surface area contributed by atoms with Gasteiger partial charge >= 0.3 is 0 Å². The second-order valence-corrected chi connectivity index (χ2v) is 2.24. The van der Waals surface area contributed by atoms with Crippen LogP contribution in [0.3, 0.4) is 0 Å². The van der Waals surface area contributed by atoms with Crippen molar-refractivity contribution >= 4 is 0 Å². The lowest BCUT2D eigenvalue weighted by atomic mass is 10.4. The van der Waals surface area contributed by atoms with Gasteiger partial charge in [-0.2, -0.15) is 0 Å². The van der Waals surface area contributed by atoms with Crippen molar-refractivity contribution in [2.75, 3.05) is 33.2 Å². The molecular formula is C8H18O4. The summed E-state index contributed by atoms with van der Waals surface area (Å²) in [7, 11) is 0. The zero-order chi connectivity index (χ0) is 9.23. The standard InChI is InChI=1S/C8H18O4/c1-3-10-6-8(5-9)12-7-11-4-2/h8-9H,3-7H2,1-2H3. The largest absolute Gasteiger partial charge is 0.394 e. The molecule has 0 aromatic heterocycles. The molecular weight excluding hydrogens is 160 g/mol. The molecule has 0 fully saturated rings. The Bertz CT molecular complexity index is 87.1. The average Bonchev–Trinajstić information content (AvgIpc) is 2.11. The maximum Gasteiger partial charge on any atom is 0.147 e. The normalized spacial score (nSPS) is 13.2. The maximum absolute atomic E-state index is 8.79. The molecule has 0 aromatic carbocycles. The summed E-state index contributed by atoms with van der Waals surface area (Å²) in [5, 5.41) is 8.79. The summed E-state index contributed by atoms with van der Waals surface area (Å²) in [6, 6.07) is 0. The molecule has 74 valence electrons. The van der Waals surface area contributed by atoms with Gasteiger partial charge in [-0.25, -0.2) is 0 Å². The lowest BCUT2D eigenvalue weighted by Crippen LogP contribution is -2.25. The highest BCUT2D eigenvalue weighted by atomic mass is 16.7. The lowest BCUT2D eigenvalue weighted by molar-refractivity contribution is -0.120. The number of ether oxygens (including phenoxy) is 3. The quantitative estimate of drug-likeness (QED) is 0.431. The van der Waals surface area contributed by atoms with E-state index in [1.54, 1.807) is 0 Å². The van der Waals surface area contributed by atoms with E-state index in [0.717, 1.165) is 0 Å². The van der Waals surface area contributed by atoms with E-state index in [0.29, 0.717) is 19.8 Å². The van der Waals surface area contributed by atoms with Gasteiger partial charge in [-0.1, -0.05) is 0 Å². The monoisotopic (exact) mass is 178 g/mol. The minimum atomic E-state index is -0.267. The van der Waals surface area contributed by atoms with Gasteiger partial charge in [0.1, 0.15) is 12.9 Å². The van der Waals surface area contributed by atoms with Crippen molar-refractivity contribution in [1.29, 1.82) is 0 Å². The van der Waals surface area contributed by atoms with Crippen LogP contribution in [0.15, 0.2) is 0 Å². The van der Waals surface area contributed by atoms with Crippen LogP contribution in [0.5, 0.6) is 0 Å². The molecule has 0 aliphatic carbocycles. The number of hydrogen-bond acceptors (Lipinski definition) is 4. The first-order chi connectivity index (χ1) is 5.85. The fraction of sp³-hybridized carbons (Fsp3) is 1.00. The molecule has 0 spiro atoms. The van der Waals surface area contributed by atoms with E-state index in [9.17, 15) is 0 Å². The highest BCUT2D eigenvalue weighted by Crippen LogP contribution is 1.92. The van der Waals surface area contributed by atoms with Gasteiger partial charge in [-0.05, 0) is 13.8 Å². The first kappa shape index (κ1) is 11.8. The molecule has 1 unspecified atom stereocenters. The summed E-state index contributed by atoms with van der Waals surface area (Å²) in [5.74, 6) is 0. The van der Waals surface area contributed by atoms with Crippen LogP contribution in [0.2, 0.25) is 0 Å². The van der Waals surface area contributed by atoms with E-state index in [4.69, 9.17) is 19.3 Å². The Morgan fingerprint density at radius 2 is 1.83 bits per heavy atom. The third kappa shape index (κ3) is 6.54. The van der Waals surface area contributed by atoms with Crippen molar-refractivity contribution in [1.82, 2.24) is 0 Å². The van der Waals surface area contributed by atoms with Crippen LogP contribution in [0.25, 0.3) is 0 Å². The Balaban J connectivity index is 3.26. The highest BCUT2D eigenvalue weighted by Gasteiger charge is 2.06. The molecule has 0 aromatic rings. The van der Waals surface area contributed by atoms with Gasteiger partial charge < -0.3 is 19.3 Å². The average molecular weight is 178 g/mol. The minimum absolute atomic E-state index is 0.0346. The van der Waals surface area contributed by atoms with Gasteiger partial charge in [0.05, 0.1) is 13.2 Å². The van der Waals surface area contributed by atoms with Crippen molar-refractivity contribution in [2.45, 2.75) is 20.0 Å². The number of rotatable bonds is 8. The van der Waals surface area contributed by atoms with Crippen LogP contribution in [-0.2, 0) is 14.2 Å². The molecule has 4 heteroatoms. The van der Waals surface area contributed by atoms with Gasteiger partial charge in [0.15, 0.2) is 0 Å². The molecule has 0 aliphatic rings. The molecule has 0 radical (unpaired) electrons. The van der Waals surface area contributed by atoms with Crippen LogP contribution in [-0.4, -0.2) is 44.4 Å². The van der Waals surface area contributed by atoms with E-state index in [-0.39, 0.29) is 19.5 Å². The highest BCUT2D eigenvalue weighted by molar-refractivity contribution is 4.51. The molecule has 12 heavy (non-hydrogen) atoms. The summed E-state index contributed by atoms with van der Waals surface area (Å²) in [5.41, 5.74) is 0. The van der Waals surface area contributed by atoms with Gasteiger partial charge in [0.2, 0.25) is 0 Å². The predicted molar refractivity (Wildman–Crippen MR) is 44.9 cm³/mol. The number of aliphatic hydroxyl groups excluding tert-OH is 1. The van der Waals surface area contributed by atoms with Crippen LogP contribution in [0.1, 0.15) is 13.8 Å². The zero-order valence-electron chi connectivity index (χ0n) is 7.78. The van der Waals surface area contributed by atoms with E-state index in [1.807, 2.05) is 13.8 Å². The molecule has 0 heterocycles. The van der Waals surface area contributed by atoms with E-state index >= 15 is 0 Å². The molecule has 0 saturated heterocycles. The van der Waals surface area contributed by atoms with Gasteiger partial charge in [-0.15, -0.1) is 0 Å². The number of hydrogen-bond donors (Lipinski definition) is 1. The fourth-order valence-electron chi connectivity index (χ4n) is 0.630. The van der Waals surface area contributed by atoms with Crippen LogP contribution >= 0.6 is 0 Å². The number of aliphatic hydroxyl groups is 1. The SMILES string of the molecule is CCOCOC(CO)COCC. The Kier molecular flexibility index (Phi) is 8.81. The van der Waals surface area contributed by atoms with Crippen LogP contribution < -0.4 is 0 Å². The first-order valence-corrected chi connectivity index (χ1v) is 4.23. The summed E-state index contributed by atoms with van der Waals surface area (Å²) in [6.07, 6.45) is -0.267. The summed E-state index contributed by atoms with van der Waals surface area (Å²) < 4.78 is 15.2. The summed E-state index contributed by atoms with van der Waals surface area (Å²) in [6.45, 7) is 5.64. The molecule has 0 amide bonds. The lowest BCUT2D eigenvalue weighted by Gasteiger charge is -2.14. The summed E-state index contributed by atoms with van der Waals surface area (Å²) >= 11 is 0. The van der Waals surface area contributed by atoms with Crippen LogP contribution in [0, 0.1) is 0 Å². The van der Waals surface area contributed by atoms with E-state index in [2.05, 4.69) is 0 Å². The summed E-state index contributed by atoms with van der Waals surface area (Å²) in [4.78, 5) is 0. The Labute approximate surface area is 73.4 Å². The van der Waals surface area contributed by atoms with Crippen LogP contribution in [0.4, 0.5) is 0 Å². The van der Waals surface area contributed by atoms with Gasteiger partial charge in [0, 0.05) is 13.2 Å². The Morgan fingerprint density at radius 1 is 1.17 bits per heavy atom. The molecule has 4 nitrogen and oxygen atoms in total. The van der Waals surface area contributed by atoms with Crippen molar-refractivity contribution in [2.24, 2.45) is 0 Å². The maximum atomic E-state index is 8.79. The second-order valence-electron chi connectivity index (χ2n) is 2.24. The molecule has 1 atom stereocenters. The third-order valence-electron chi connectivity index (χ3n) is 1.30. The van der Waals surface area contributed by atoms with Gasteiger partial charge in [0.25, 0.3) is 0 Å². The second kappa shape index (κ2) is 8.93. The molecule has 0 aliphatic heterocycles. The topological polar surface area (TPSA) is 47.9 Å². The molecule has 0 rings (SSSR count). The third-order valence-corrected chi connectivity index (χ3v) is 1.30. The Hall–Kier alpha value is -0.160. The minimum Gasteiger partial charge on any atom is -0.394 e. The van der Waals surface area contributed by atoms with Crippen molar-refractivity contribution in [3.05, 3.63) is 0 Å². The predicted octanol–water partition coefficient (Wildman–Crippen LogP) is 0.394. The fourth-order valence-corrected chi connectivity index (χ4v) is 0.630. The van der Waals surface area contributed by atoms with Crippen molar-refractivity contribution in [3.8, 4) is 0 Å². The van der Waals surface area contributed by atoms with Crippen molar-refractivity contribution in [3.63, 3.8) is 0 Å². The molecule has 1 N–H and O–H groups in total. The first-order valence-electron chi connectivity index (χ1n) is 4.23. The Morgan fingerprint density at radius 3 is 2.33 bits per heavy atom. The van der Waals surface area contributed by atoms with E-state index < -0.39 is 0 Å². The zero-order valence-corrected chi connectivity index (χ0v) is 7.78.